The molecule has 0 fully saturated rings. The van der Waals surface area contributed by atoms with E-state index in [1.54, 1.807) is 10.9 Å². The summed E-state index contributed by atoms with van der Waals surface area (Å²) in [6.45, 7) is 2.23. The van der Waals surface area contributed by atoms with E-state index in [0.29, 0.717) is 12.4 Å². The van der Waals surface area contributed by atoms with Crippen LogP contribution in [-0.2, 0) is 6.54 Å². The molecular formula is C22H19FN8O. The highest BCUT2D eigenvalue weighted by atomic mass is 19.1. The third-order valence-electron chi connectivity index (χ3n) is 5.14. The van der Waals surface area contributed by atoms with Crippen molar-refractivity contribution in [3.8, 4) is 11.3 Å². The molecule has 4 aromatic heterocycles. The molecule has 0 bridgehead atoms. The van der Waals surface area contributed by atoms with Gasteiger partial charge in [-0.2, -0.15) is 10.2 Å². The molecule has 5 aromatic rings. The van der Waals surface area contributed by atoms with Crippen LogP contribution in [0.25, 0.3) is 33.1 Å². The largest absolute Gasteiger partial charge is 0.383 e. The molecule has 160 valence electrons. The number of aromatic nitrogens is 6. The Morgan fingerprint density at radius 2 is 2.09 bits per heavy atom. The smallest absolute Gasteiger partial charge is 0.270 e. The summed E-state index contributed by atoms with van der Waals surface area (Å²) in [5.41, 5.74) is 9.52. The molecule has 32 heavy (non-hydrogen) atoms. The molecule has 1 aromatic carbocycles. The minimum Gasteiger partial charge on any atom is -0.383 e. The number of rotatable bonds is 5. The zero-order valence-corrected chi connectivity index (χ0v) is 17.1. The van der Waals surface area contributed by atoms with Gasteiger partial charge in [-0.25, -0.2) is 9.37 Å². The molecule has 4 N–H and O–H groups in total. The molecule has 5 rings (SSSR count). The number of carbonyl (C=O) groups is 1. The third-order valence-corrected chi connectivity index (χ3v) is 5.14. The fourth-order valence-corrected chi connectivity index (χ4v) is 3.65. The van der Waals surface area contributed by atoms with Gasteiger partial charge in [0.05, 0.1) is 23.1 Å². The van der Waals surface area contributed by atoms with Gasteiger partial charge in [-0.15, -0.1) is 0 Å². The Kier molecular flexibility index (Phi) is 4.74. The average Bonchev–Trinajstić information content (AvgIpc) is 3.44. The highest BCUT2D eigenvalue weighted by Gasteiger charge is 2.16. The van der Waals surface area contributed by atoms with E-state index in [1.807, 2.05) is 37.4 Å². The quantitative estimate of drug-likeness (QED) is 0.393. The summed E-state index contributed by atoms with van der Waals surface area (Å²) >= 11 is 0. The molecule has 0 radical (unpaired) electrons. The molecular weight excluding hydrogens is 411 g/mol. The van der Waals surface area contributed by atoms with Crippen LogP contribution in [0.15, 0.2) is 55.0 Å². The van der Waals surface area contributed by atoms with E-state index in [4.69, 9.17) is 5.73 Å². The van der Waals surface area contributed by atoms with E-state index in [0.717, 1.165) is 39.1 Å². The van der Waals surface area contributed by atoms with Gasteiger partial charge in [0.25, 0.3) is 5.91 Å². The Hall–Kier alpha value is -4.34. The molecule has 1 unspecified atom stereocenters. The number of hydrogen-bond acceptors (Lipinski definition) is 6. The van der Waals surface area contributed by atoms with Gasteiger partial charge in [-0.05, 0) is 31.2 Å². The Balaban J connectivity index is 1.41. The number of nitrogens with two attached hydrogens (primary N) is 1. The molecule has 0 spiro atoms. The van der Waals surface area contributed by atoms with E-state index in [2.05, 4.69) is 30.6 Å². The topological polar surface area (TPSA) is 127 Å². The highest BCUT2D eigenvalue weighted by molar-refractivity contribution is 6.08. The molecule has 10 heteroatoms. The van der Waals surface area contributed by atoms with Crippen LogP contribution in [0.2, 0.25) is 0 Å². The maximum atomic E-state index is 13.3. The summed E-state index contributed by atoms with van der Waals surface area (Å²) in [7, 11) is 0. The molecule has 0 aliphatic rings. The number of carbonyl (C=O) groups excluding carboxylic acids is 1. The van der Waals surface area contributed by atoms with E-state index < -0.39 is 11.7 Å². The van der Waals surface area contributed by atoms with Crippen LogP contribution in [-0.4, -0.2) is 41.9 Å². The molecule has 1 amide bonds. The van der Waals surface area contributed by atoms with Crippen LogP contribution >= 0.6 is 0 Å². The van der Waals surface area contributed by atoms with E-state index in [9.17, 15) is 9.18 Å². The molecule has 0 saturated heterocycles. The molecule has 4 heterocycles. The summed E-state index contributed by atoms with van der Waals surface area (Å²) in [4.78, 5) is 20.8. The lowest BCUT2D eigenvalue weighted by atomic mass is 10.1. The Bertz CT molecular complexity index is 1440. The van der Waals surface area contributed by atoms with E-state index >= 15 is 0 Å². The monoisotopic (exact) mass is 430 g/mol. The van der Waals surface area contributed by atoms with Crippen molar-refractivity contribution >= 4 is 33.5 Å². The van der Waals surface area contributed by atoms with Crippen molar-refractivity contribution in [2.75, 3.05) is 5.73 Å². The summed E-state index contributed by atoms with van der Waals surface area (Å²) in [5.74, 6) is -0.588. The number of amides is 1. The summed E-state index contributed by atoms with van der Waals surface area (Å²) in [6, 6.07) is 9.75. The van der Waals surface area contributed by atoms with Crippen molar-refractivity contribution in [3.05, 3.63) is 66.5 Å². The first-order valence-electron chi connectivity index (χ1n) is 9.96. The number of benzene rings is 1. The zero-order chi connectivity index (χ0) is 22.2. The summed E-state index contributed by atoms with van der Waals surface area (Å²) in [5, 5.41) is 16.0. The van der Waals surface area contributed by atoms with Gasteiger partial charge in [-0.3, -0.25) is 19.6 Å². The van der Waals surface area contributed by atoms with Gasteiger partial charge < -0.3 is 11.1 Å². The maximum Gasteiger partial charge on any atom is 0.270 e. The number of H-pyrrole nitrogens is 1. The normalized spacial score (nSPS) is 12.3. The first-order valence-corrected chi connectivity index (χ1v) is 9.96. The Morgan fingerprint density at radius 3 is 2.88 bits per heavy atom. The van der Waals surface area contributed by atoms with E-state index in [-0.39, 0.29) is 11.7 Å². The van der Waals surface area contributed by atoms with Crippen LogP contribution in [0, 0.1) is 5.82 Å². The minimum absolute atomic E-state index is 0.0231. The van der Waals surface area contributed by atoms with Crippen molar-refractivity contribution in [2.45, 2.75) is 19.5 Å². The SMILES string of the molecule is CC(Cn1cc2c(N)nc3cc(-c4ccn[nH]4)ccc3c2n1)NC(=O)c1cc(F)ccn1. The van der Waals surface area contributed by atoms with Crippen molar-refractivity contribution in [1.82, 2.24) is 35.3 Å². The number of nitrogen functional groups attached to an aromatic ring is 1. The predicted octanol–water partition coefficient (Wildman–Crippen LogP) is 2.91. The van der Waals surface area contributed by atoms with Crippen LogP contribution in [0.1, 0.15) is 17.4 Å². The van der Waals surface area contributed by atoms with Gasteiger partial charge in [0.15, 0.2) is 0 Å². The standard InChI is InChI=1S/C22H19FN8O/c1-12(27-22(32)19-9-14(23)4-6-25-19)10-31-11-16-20(30-31)15-3-2-13(17-5-7-26-29-17)8-18(15)28-21(16)24/h2-9,11-12H,10H2,1H3,(H2,24,28)(H,26,29)(H,27,32). The van der Waals surface area contributed by atoms with Gasteiger partial charge in [0.2, 0.25) is 0 Å². The lowest BCUT2D eigenvalue weighted by molar-refractivity contribution is 0.0930. The fourth-order valence-electron chi connectivity index (χ4n) is 3.65. The second-order valence-electron chi connectivity index (χ2n) is 7.55. The molecule has 9 nitrogen and oxygen atoms in total. The summed E-state index contributed by atoms with van der Waals surface area (Å²) in [6.07, 6.45) is 4.76. The van der Waals surface area contributed by atoms with Crippen molar-refractivity contribution < 1.29 is 9.18 Å². The second-order valence-corrected chi connectivity index (χ2v) is 7.55. The van der Waals surface area contributed by atoms with Gasteiger partial charge >= 0.3 is 0 Å². The lowest BCUT2D eigenvalue weighted by Gasteiger charge is -2.13. The van der Waals surface area contributed by atoms with Crippen molar-refractivity contribution in [3.63, 3.8) is 0 Å². The first-order chi connectivity index (χ1) is 15.5. The molecule has 0 aliphatic carbocycles. The number of nitrogens with one attached hydrogen (secondary N) is 2. The van der Waals surface area contributed by atoms with Crippen LogP contribution in [0.4, 0.5) is 10.2 Å². The summed E-state index contributed by atoms with van der Waals surface area (Å²) < 4.78 is 15.1. The molecule has 1 atom stereocenters. The highest BCUT2D eigenvalue weighted by Crippen LogP contribution is 2.29. The number of fused-ring (bicyclic) bond motifs is 3. The fraction of sp³-hybridized carbons (Fsp3) is 0.136. The number of hydrogen-bond donors (Lipinski definition) is 3. The average molecular weight is 430 g/mol. The molecule has 0 saturated carbocycles. The first kappa shape index (κ1) is 19.6. The van der Waals surface area contributed by atoms with E-state index in [1.165, 1.54) is 12.3 Å². The minimum atomic E-state index is -0.512. The number of pyridine rings is 2. The Labute approximate surface area is 181 Å². The van der Waals surface area contributed by atoms with Crippen LogP contribution < -0.4 is 11.1 Å². The number of anilines is 1. The second kappa shape index (κ2) is 7.73. The number of halogens is 1. The molecule has 0 aliphatic heterocycles. The zero-order valence-electron chi connectivity index (χ0n) is 17.1. The van der Waals surface area contributed by atoms with Gasteiger partial charge in [0, 0.05) is 41.6 Å². The van der Waals surface area contributed by atoms with Gasteiger partial charge in [0.1, 0.15) is 22.8 Å². The Morgan fingerprint density at radius 1 is 1.22 bits per heavy atom. The maximum absolute atomic E-state index is 13.3. The number of nitrogens with zero attached hydrogens (tertiary/aromatic N) is 5. The predicted molar refractivity (Wildman–Crippen MR) is 118 cm³/mol. The van der Waals surface area contributed by atoms with Crippen LogP contribution in [0.5, 0.6) is 0 Å². The van der Waals surface area contributed by atoms with Crippen molar-refractivity contribution in [1.29, 1.82) is 0 Å². The van der Waals surface area contributed by atoms with Crippen molar-refractivity contribution in [2.24, 2.45) is 0 Å². The van der Waals surface area contributed by atoms with Crippen LogP contribution in [0.3, 0.4) is 0 Å². The lowest BCUT2D eigenvalue weighted by Crippen LogP contribution is -2.36. The third kappa shape index (κ3) is 3.62. The van der Waals surface area contributed by atoms with Gasteiger partial charge in [-0.1, -0.05) is 6.07 Å². The number of aromatic amines is 1.